The average Bonchev–Trinajstić information content (AvgIpc) is 2.91. The minimum Gasteiger partial charge on any atom is -0.497 e. The third-order valence-corrected chi connectivity index (χ3v) is 5.39. The standard InChI is InChI=1S/C29H25N3O2/c1-33-27-15-10-22(11-16-27)20-31-29-25(19-30)12-14-26(32-29)13-9-21-5-3-6-23(17-21)24-7-4-8-28(18-24)34-2/h3-18H,20H2,1-2H3,(H,31,32). The Hall–Kier alpha value is -4.56. The molecule has 4 aromatic rings. The van der Waals surface area contributed by atoms with Gasteiger partial charge in [0.15, 0.2) is 0 Å². The van der Waals surface area contributed by atoms with Crippen molar-refractivity contribution in [3.63, 3.8) is 0 Å². The monoisotopic (exact) mass is 447 g/mol. The van der Waals surface area contributed by atoms with Gasteiger partial charge in [0.25, 0.3) is 0 Å². The van der Waals surface area contributed by atoms with Crippen molar-refractivity contribution in [2.24, 2.45) is 0 Å². The maximum Gasteiger partial charge on any atom is 0.144 e. The van der Waals surface area contributed by atoms with E-state index >= 15 is 0 Å². The summed E-state index contributed by atoms with van der Waals surface area (Å²) in [5.74, 6) is 2.20. The van der Waals surface area contributed by atoms with Gasteiger partial charge in [0, 0.05) is 6.54 Å². The maximum atomic E-state index is 9.49. The molecule has 168 valence electrons. The van der Waals surface area contributed by atoms with Gasteiger partial charge in [0.1, 0.15) is 23.4 Å². The highest BCUT2D eigenvalue weighted by atomic mass is 16.5. The molecule has 0 aliphatic carbocycles. The predicted octanol–water partition coefficient (Wildman–Crippen LogP) is 6.42. The van der Waals surface area contributed by atoms with Gasteiger partial charge in [-0.05, 0) is 70.8 Å². The lowest BCUT2D eigenvalue weighted by Crippen LogP contribution is -2.04. The number of pyridine rings is 1. The van der Waals surface area contributed by atoms with Crippen LogP contribution in [0.1, 0.15) is 22.4 Å². The zero-order valence-corrected chi connectivity index (χ0v) is 19.2. The number of nitrogens with one attached hydrogen (secondary N) is 1. The molecule has 1 heterocycles. The third-order valence-electron chi connectivity index (χ3n) is 5.39. The number of nitriles is 1. The second-order valence-electron chi connectivity index (χ2n) is 7.64. The molecule has 0 bridgehead atoms. The average molecular weight is 448 g/mol. The molecule has 0 saturated heterocycles. The Kier molecular flexibility index (Phi) is 7.22. The lowest BCUT2D eigenvalue weighted by atomic mass is 10.0. The van der Waals surface area contributed by atoms with Crippen LogP contribution in [0.4, 0.5) is 5.82 Å². The van der Waals surface area contributed by atoms with Gasteiger partial charge in [-0.2, -0.15) is 5.26 Å². The van der Waals surface area contributed by atoms with Crippen LogP contribution in [0.3, 0.4) is 0 Å². The van der Waals surface area contributed by atoms with Crippen LogP contribution in [-0.2, 0) is 6.54 Å². The second-order valence-corrected chi connectivity index (χ2v) is 7.64. The van der Waals surface area contributed by atoms with Crippen molar-refractivity contribution in [1.29, 1.82) is 5.26 Å². The van der Waals surface area contributed by atoms with Crippen LogP contribution in [0.2, 0.25) is 0 Å². The first-order chi connectivity index (χ1) is 16.7. The second kappa shape index (κ2) is 10.8. The van der Waals surface area contributed by atoms with Gasteiger partial charge in [-0.15, -0.1) is 0 Å². The molecule has 0 aliphatic rings. The van der Waals surface area contributed by atoms with E-state index in [1.807, 2.05) is 72.8 Å². The number of hydrogen-bond donors (Lipinski definition) is 1. The van der Waals surface area contributed by atoms with Crippen molar-refractivity contribution in [1.82, 2.24) is 4.98 Å². The Morgan fingerprint density at radius 3 is 2.29 bits per heavy atom. The Morgan fingerprint density at radius 1 is 0.824 bits per heavy atom. The van der Waals surface area contributed by atoms with Crippen LogP contribution < -0.4 is 14.8 Å². The summed E-state index contributed by atoms with van der Waals surface area (Å²) >= 11 is 0. The van der Waals surface area contributed by atoms with Crippen LogP contribution >= 0.6 is 0 Å². The molecule has 5 heteroatoms. The lowest BCUT2D eigenvalue weighted by Gasteiger charge is -2.09. The number of methoxy groups -OCH3 is 2. The number of aromatic nitrogens is 1. The van der Waals surface area contributed by atoms with Crippen LogP contribution in [0, 0.1) is 11.3 Å². The fourth-order valence-corrected chi connectivity index (χ4v) is 3.53. The highest BCUT2D eigenvalue weighted by Crippen LogP contribution is 2.25. The minimum atomic E-state index is 0.505. The molecule has 5 nitrogen and oxygen atoms in total. The van der Waals surface area contributed by atoms with Crippen molar-refractivity contribution in [2.45, 2.75) is 6.54 Å². The summed E-state index contributed by atoms with van der Waals surface area (Å²) in [7, 11) is 3.31. The molecule has 1 aromatic heterocycles. The van der Waals surface area contributed by atoms with Gasteiger partial charge >= 0.3 is 0 Å². The van der Waals surface area contributed by atoms with Gasteiger partial charge in [-0.25, -0.2) is 4.98 Å². The maximum absolute atomic E-state index is 9.49. The van der Waals surface area contributed by atoms with Crippen molar-refractivity contribution >= 4 is 18.0 Å². The Balaban J connectivity index is 1.51. The quantitative estimate of drug-likeness (QED) is 0.338. The van der Waals surface area contributed by atoms with E-state index in [1.54, 1.807) is 20.3 Å². The first-order valence-electron chi connectivity index (χ1n) is 10.9. The highest BCUT2D eigenvalue weighted by Gasteiger charge is 2.05. The van der Waals surface area contributed by atoms with E-state index in [0.29, 0.717) is 17.9 Å². The summed E-state index contributed by atoms with van der Waals surface area (Å²) in [6.45, 7) is 0.557. The van der Waals surface area contributed by atoms with Crippen molar-refractivity contribution in [3.05, 3.63) is 107 Å². The summed E-state index contributed by atoms with van der Waals surface area (Å²) in [5.41, 5.74) is 5.60. The van der Waals surface area contributed by atoms with Crippen molar-refractivity contribution in [2.75, 3.05) is 19.5 Å². The number of hydrogen-bond acceptors (Lipinski definition) is 5. The molecule has 0 aliphatic heterocycles. The molecule has 0 unspecified atom stereocenters. The van der Waals surface area contributed by atoms with E-state index in [2.05, 4.69) is 34.6 Å². The fraction of sp³-hybridized carbons (Fsp3) is 0.103. The van der Waals surface area contributed by atoms with Gasteiger partial charge in [0.2, 0.25) is 0 Å². The Labute approximate surface area is 199 Å². The van der Waals surface area contributed by atoms with E-state index in [4.69, 9.17) is 9.47 Å². The highest BCUT2D eigenvalue weighted by molar-refractivity contribution is 5.74. The number of anilines is 1. The molecule has 0 amide bonds. The van der Waals surface area contributed by atoms with E-state index in [9.17, 15) is 5.26 Å². The molecule has 0 fully saturated rings. The first-order valence-corrected chi connectivity index (χ1v) is 10.9. The Morgan fingerprint density at radius 2 is 1.56 bits per heavy atom. The van der Waals surface area contributed by atoms with Gasteiger partial charge in [0.05, 0.1) is 25.5 Å². The van der Waals surface area contributed by atoms with E-state index in [1.165, 1.54) is 0 Å². The van der Waals surface area contributed by atoms with Crippen LogP contribution in [0.5, 0.6) is 11.5 Å². The molecule has 34 heavy (non-hydrogen) atoms. The van der Waals surface area contributed by atoms with Crippen molar-refractivity contribution < 1.29 is 9.47 Å². The fourth-order valence-electron chi connectivity index (χ4n) is 3.53. The number of benzene rings is 3. The van der Waals surface area contributed by atoms with E-state index in [0.717, 1.165) is 39.4 Å². The SMILES string of the molecule is COc1ccc(CNc2nc(C=Cc3cccc(-c4cccc(OC)c4)c3)ccc2C#N)cc1. The van der Waals surface area contributed by atoms with Gasteiger partial charge < -0.3 is 14.8 Å². The van der Waals surface area contributed by atoms with Gasteiger partial charge in [-0.3, -0.25) is 0 Å². The molecule has 4 rings (SSSR count). The summed E-state index contributed by atoms with van der Waals surface area (Å²) in [4.78, 5) is 4.65. The molecule has 3 aromatic carbocycles. The summed E-state index contributed by atoms with van der Waals surface area (Å²) < 4.78 is 10.5. The summed E-state index contributed by atoms with van der Waals surface area (Å²) in [6.07, 6.45) is 3.97. The molecule has 0 radical (unpaired) electrons. The summed E-state index contributed by atoms with van der Waals surface area (Å²) in [6, 6.07) is 29.9. The minimum absolute atomic E-state index is 0.505. The Bertz CT molecular complexity index is 1340. The van der Waals surface area contributed by atoms with Crippen LogP contribution in [0.15, 0.2) is 84.9 Å². The number of nitrogens with zero attached hydrogens (tertiary/aromatic N) is 2. The van der Waals surface area contributed by atoms with Crippen LogP contribution in [-0.4, -0.2) is 19.2 Å². The molecule has 0 saturated carbocycles. The predicted molar refractivity (Wildman–Crippen MR) is 137 cm³/mol. The topological polar surface area (TPSA) is 67.2 Å². The van der Waals surface area contributed by atoms with Gasteiger partial charge in [-0.1, -0.05) is 48.5 Å². The molecule has 0 atom stereocenters. The zero-order valence-electron chi connectivity index (χ0n) is 19.2. The smallest absolute Gasteiger partial charge is 0.144 e. The molecule has 0 spiro atoms. The van der Waals surface area contributed by atoms with E-state index < -0.39 is 0 Å². The molecule has 1 N–H and O–H groups in total. The normalized spacial score (nSPS) is 10.6. The third kappa shape index (κ3) is 5.62. The molecular formula is C29H25N3O2. The zero-order chi connectivity index (χ0) is 23.8. The number of rotatable bonds is 8. The van der Waals surface area contributed by atoms with E-state index in [-0.39, 0.29) is 0 Å². The van der Waals surface area contributed by atoms with Crippen LogP contribution in [0.25, 0.3) is 23.3 Å². The lowest BCUT2D eigenvalue weighted by molar-refractivity contribution is 0.414. The first kappa shape index (κ1) is 22.6. The molecular weight excluding hydrogens is 422 g/mol. The largest absolute Gasteiger partial charge is 0.497 e. The summed E-state index contributed by atoms with van der Waals surface area (Å²) in [5, 5.41) is 12.8. The number of ether oxygens (including phenoxy) is 2. The van der Waals surface area contributed by atoms with Crippen molar-refractivity contribution in [3.8, 4) is 28.7 Å².